The lowest BCUT2D eigenvalue weighted by atomic mass is 10.0. The second-order valence-corrected chi connectivity index (χ2v) is 8.18. The van der Waals surface area contributed by atoms with E-state index in [4.69, 9.17) is 0 Å². The van der Waals surface area contributed by atoms with Gasteiger partial charge in [-0.25, -0.2) is 4.68 Å². The van der Waals surface area contributed by atoms with Crippen LogP contribution in [0, 0.1) is 0 Å². The third-order valence-electron chi connectivity index (χ3n) is 5.61. The number of likely N-dealkylation sites (tertiary alicyclic amines) is 1. The molecule has 1 aromatic heterocycles. The van der Waals surface area contributed by atoms with Crippen LogP contribution in [0.15, 0.2) is 23.0 Å². The summed E-state index contributed by atoms with van der Waals surface area (Å²) in [7, 11) is 0. The van der Waals surface area contributed by atoms with Crippen LogP contribution in [-0.2, 0) is 17.5 Å². The molecule has 1 saturated heterocycles. The van der Waals surface area contributed by atoms with Gasteiger partial charge in [0.1, 0.15) is 6.54 Å². The molecular weight excluding hydrogens is 413 g/mol. The Morgan fingerprint density at radius 2 is 2.03 bits per heavy atom. The summed E-state index contributed by atoms with van der Waals surface area (Å²) in [6, 6.07) is 2.46. The van der Waals surface area contributed by atoms with Crippen molar-refractivity contribution >= 4 is 16.7 Å². The maximum atomic E-state index is 13.1. The van der Waals surface area contributed by atoms with Crippen LogP contribution in [0.5, 0.6) is 0 Å². The number of piperidine rings is 1. The van der Waals surface area contributed by atoms with Gasteiger partial charge in [-0.3, -0.25) is 9.59 Å². The summed E-state index contributed by atoms with van der Waals surface area (Å²) >= 11 is 0. The van der Waals surface area contributed by atoms with E-state index in [1.807, 2.05) is 6.92 Å². The Kier molecular flexibility index (Phi) is 6.70. The van der Waals surface area contributed by atoms with Gasteiger partial charge in [0.05, 0.1) is 28.8 Å². The average molecular weight is 440 g/mol. The fourth-order valence-corrected chi connectivity index (χ4v) is 3.85. The molecule has 0 spiro atoms. The third-order valence-corrected chi connectivity index (χ3v) is 5.61. The number of carbonyl (C=O) groups is 1. The molecule has 1 aromatic carbocycles. The Balaban J connectivity index is 1.91. The van der Waals surface area contributed by atoms with Gasteiger partial charge in [-0.2, -0.15) is 18.3 Å². The summed E-state index contributed by atoms with van der Waals surface area (Å²) in [4.78, 5) is 27.5. The highest BCUT2D eigenvalue weighted by molar-refractivity contribution is 5.85. The van der Waals surface area contributed by atoms with Crippen molar-refractivity contribution in [3.8, 4) is 0 Å². The Hall–Kier alpha value is -2.46. The second kappa shape index (κ2) is 8.96. The molecule has 2 N–H and O–H groups in total. The van der Waals surface area contributed by atoms with Crippen molar-refractivity contribution in [1.82, 2.24) is 20.0 Å². The zero-order chi connectivity index (χ0) is 22.9. The molecule has 1 aliphatic rings. The molecule has 0 unspecified atom stereocenters. The maximum absolute atomic E-state index is 13.1. The fraction of sp³-hybridized carbons (Fsp3) is 0.571. The first-order chi connectivity index (χ1) is 14.5. The van der Waals surface area contributed by atoms with E-state index >= 15 is 0 Å². The van der Waals surface area contributed by atoms with Crippen molar-refractivity contribution in [2.24, 2.45) is 0 Å². The topological polar surface area (TPSA) is 87.5 Å². The Labute approximate surface area is 177 Å². The molecule has 10 heteroatoms. The predicted molar refractivity (Wildman–Crippen MR) is 110 cm³/mol. The number of carbonyl (C=O) groups excluding carboxylic acids is 1. The third kappa shape index (κ3) is 5.07. The van der Waals surface area contributed by atoms with Crippen molar-refractivity contribution in [2.75, 3.05) is 19.6 Å². The second-order valence-electron chi connectivity index (χ2n) is 8.18. The van der Waals surface area contributed by atoms with Gasteiger partial charge in [-0.1, -0.05) is 20.8 Å². The minimum atomic E-state index is -4.54. The maximum Gasteiger partial charge on any atom is 0.416 e. The number of nitrogens with zero attached hydrogens (tertiary/aromatic N) is 3. The summed E-state index contributed by atoms with van der Waals surface area (Å²) in [5, 5.41) is 17.4. The lowest BCUT2D eigenvalue weighted by Gasteiger charge is -2.35. The van der Waals surface area contributed by atoms with Crippen LogP contribution >= 0.6 is 0 Å². The summed E-state index contributed by atoms with van der Waals surface area (Å²) < 4.78 is 40.4. The highest BCUT2D eigenvalue weighted by Crippen LogP contribution is 2.32. The molecule has 3 rings (SSSR count). The number of alkyl halides is 3. The van der Waals surface area contributed by atoms with Crippen molar-refractivity contribution < 1.29 is 23.1 Å². The van der Waals surface area contributed by atoms with Crippen molar-refractivity contribution in [3.05, 3.63) is 39.8 Å². The van der Waals surface area contributed by atoms with Crippen LogP contribution < -0.4 is 10.9 Å². The monoisotopic (exact) mass is 440 g/mol. The fourth-order valence-electron chi connectivity index (χ4n) is 3.85. The molecule has 0 aliphatic carbocycles. The lowest BCUT2D eigenvalue weighted by molar-refractivity contribution is -0.137. The van der Waals surface area contributed by atoms with Crippen LogP contribution in [0.25, 0.3) is 10.8 Å². The van der Waals surface area contributed by atoms with E-state index in [2.05, 4.69) is 15.3 Å². The number of hydrogen-bond acceptors (Lipinski definition) is 5. The summed E-state index contributed by atoms with van der Waals surface area (Å²) in [5.41, 5.74) is -1.18. The highest BCUT2D eigenvalue weighted by atomic mass is 19.4. The molecule has 1 fully saturated rings. The number of likely N-dealkylation sites (N-methyl/N-ethyl adjacent to an activating group) is 1. The van der Waals surface area contributed by atoms with Crippen molar-refractivity contribution in [2.45, 2.75) is 58.0 Å². The smallest absolute Gasteiger partial charge is 0.391 e. The summed E-state index contributed by atoms with van der Waals surface area (Å²) in [6.07, 6.45) is -4.68. The van der Waals surface area contributed by atoms with Gasteiger partial charge in [0.25, 0.3) is 5.56 Å². The van der Waals surface area contributed by atoms with Gasteiger partial charge < -0.3 is 15.3 Å². The number of aliphatic hydroxyl groups excluding tert-OH is 1. The number of rotatable bonds is 5. The molecule has 2 aromatic rings. The van der Waals surface area contributed by atoms with E-state index in [9.17, 15) is 27.9 Å². The van der Waals surface area contributed by atoms with Gasteiger partial charge >= 0.3 is 6.18 Å². The largest absolute Gasteiger partial charge is 0.416 e. The lowest BCUT2D eigenvalue weighted by Crippen LogP contribution is -2.55. The molecule has 0 bridgehead atoms. The zero-order valence-electron chi connectivity index (χ0n) is 17.7. The molecule has 31 heavy (non-hydrogen) atoms. The minimum Gasteiger partial charge on any atom is -0.391 e. The van der Waals surface area contributed by atoms with E-state index < -0.39 is 35.4 Å². The summed E-state index contributed by atoms with van der Waals surface area (Å²) in [5.74, 6) is -0.753. The van der Waals surface area contributed by atoms with Crippen LogP contribution in [0.4, 0.5) is 13.2 Å². The highest BCUT2D eigenvalue weighted by Gasteiger charge is 2.32. The number of aliphatic hydroxyl groups is 1. The van der Waals surface area contributed by atoms with Gasteiger partial charge in [0.15, 0.2) is 0 Å². The number of benzene rings is 1. The van der Waals surface area contributed by atoms with Gasteiger partial charge in [-0.15, -0.1) is 0 Å². The molecule has 7 nitrogen and oxygen atoms in total. The van der Waals surface area contributed by atoms with E-state index in [0.29, 0.717) is 18.7 Å². The van der Waals surface area contributed by atoms with Crippen LogP contribution in [0.3, 0.4) is 0 Å². The van der Waals surface area contributed by atoms with E-state index in [1.165, 1.54) is 0 Å². The first kappa shape index (κ1) is 23.2. The zero-order valence-corrected chi connectivity index (χ0v) is 17.7. The first-order valence-electron chi connectivity index (χ1n) is 10.3. The van der Waals surface area contributed by atoms with Crippen LogP contribution in [-0.4, -0.2) is 57.5 Å². The number of nitrogens with one attached hydrogen (secondary N) is 1. The van der Waals surface area contributed by atoms with E-state index in [0.717, 1.165) is 36.0 Å². The van der Waals surface area contributed by atoms with Gasteiger partial charge in [0.2, 0.25) is 5.91 Å². The molecular formula is C21H27F3N4O3. The van der Waals surface area contributed by atoms with Crippen molar-refractivity contribution in [1.29, 1.82) is 0 Å². The molecule has 0 radical (unpaired) electrons. The number of aromatic nitrogens is 2. The number of hydrogen-bond donors (Lipinski definition) is 2. The minimum absolute atomic E-state index is 0.0781. The summed E-state index contributed by atoms with van der Waals surface area (Å²) in [6.45, 7) is 7.16. The Morgan fingerprint density at radius 1 is 1.32 bits per heavy atom. The molecule has 1 aliphatic heterocycles. The predicted octanol–water partition coefficient (Wildman–Crippen LogP) is 2.11. The van der Waals surface area contributed by atoms with Crippen LogP contribution in [0.1, 0.15) is 44.4 Å². The standard InChI is InChI=1S/C21H27F3N4O3/c1-4-27-8-7-17(29)16(10-27)25-18(30)11-28-20(31)14-6-5-13(21(22,23)24)9-15(14)19(26-28)12(2)3/h5-6,9,12,16-17,29H,4,7-8,10-11H2,1-3H3,(H,25,30)/t16-,17+/m0/s1. The first-order valence-corrected chi connectivity index (χ1v) is 10.3. The van der Waals surface area contributed by atoms with Gasteiger partial charge in [-0.05, 0) is 37.1 Å². The molecule has 1 amide bonds. The molecule has 0 saturated carbocycles. The van der Waals surface area contributed by atoms with Crippen LogP contribution in [0.2, 0.25) is 0 Å². The molecule has 2 atom stereocenters. The quantitative estimate of drug-likeness (QED) is 0.744. The Morgan fingerprint density at radius 3 is 2.65 bits per heavy atom. The SMILES string of the molecule is CCN1CC[C@@H](O)[C@@H](NC(=O)Cn2nc(C(C)C)c3cc(C(F)(F)F)ccc3c2=O)C1. The number of amides is 1. The molecule has 2 heterocycles. The average Bonchev–Trinajstić information content (AvgIpc) is 2.70. The van der Waals surface area contributed by atoms with E-state index in [-0.39, 0.29) is 23.2 Å². The van der Waals surface area contributed by atoms with Gasteiger partial charge in [0, 0.05) is 18.5 Å². The Bertz CT molecular complexity index is 1020. The van der Waals surface area contributed by atoms with Crippen molar-refractivity contribution in [3.63, 3.8) is 0 Å². The normalized spacial score (nSPS) is 20.4. The van der Waals surface area contributed by atoms with E-state index in [1.54, 1.807) is 13.8 Å². The number of halogens is 3. The number of fused-ring (bicyclic) bond motifs is 1. The molecule has 170 valence electrons.